The molecule has 2 nitrogen and oxygen atoms in total. The van der Waals surface area contributed by atoms with Crippen LogP contribution < -0.4 is 5.73 Å². The lowest BCUT2D eigenvalue weighted by atomic mass is 9.93. The Hall–Kier alpha value is 0.210. The molecule has 1 aliphatic carbocycles. The van der Waals surface area contributed by atoms with E-state index >= 15 is 0 Å². The van der Waals surface area contributed by atoms with E-state index in [0.29, 0.717) is 12.8 Å². The molecule has 0 radical (unpaired) electrons. The third-order valence-corrected chi connectivity index (χ3v) is 2.17. The molecule has 3 N–H and O–H groups in total. The fraction of sp³-hybridized carbons (Fsp3) is 1.00. The topological polar surface area (TPSA) is 46.2 Å². The van der Waals surface area contributed by atoms with Gasteiger partial charge in [-0.25, -0.2) is 0 Å². The normalized spacial score (nSPS) is 45.0. The van der Waals surface area contributed by atoms with Gasteiger partial charge < -0.3 is 10.8 Å². The summed E-state index contributed by atoms with van der Waals surface area (Å²) in [5, 5.41) is 8.25. The molecule has 1 fully saturated rings. The van der Waals surface area contributed by atoms with Gasteiger partial charge in [0, 0.05) is 6.04 Å². The molecule has 54 valence electrons. The van der Waals surface area contributed by atoms with Gasteiger partial charge in [0.2, 0.25) is 0 Å². The molecule has 0 aromatic rings. The number of aliphatic hydroxyl groups is 1. The summed E-state index contributed by atoms with van der Waals surface area (Å²) in [5.41, 5.74) is 5.59. The van der Waals surface area contributed by atoms with Crippen LogP contribution in [0.2, 0.25) is 0 Å². The minimum Gasteiger partial charge on any atom is -0.375 e. The van der Waals surface area contributed by atoms with Crippen LogP contribution >= 0.6 is 11.6 Å². The third-order valence-electron chi connectivity index (χ3n) is 1.80. The molecule has 0 aliphatic heterocycles. The maximum Gasteiger partial charge on any atom is 0.138 e. The second-order valence-electron chi connectivity index (χ2n) is 2.76. The first-order valence-electron chi connectivity index (χ1n) is 3.27. The van der Waals surface area contributed by atoms with Gasteiger partial charge in [-0.15, -0.1) is 0 Å². The number of rotatable bonds is 0. The molecule has 9 heavy (non-hydrogen) atoms. The van der Waals surface area contributed by atoms with Crippen LogP contribution in [0.5, 0.6) is 0 Å². The van der Waals surface area contributed by atoms with E-state index in [1.54, 1.807) is 0 Å². The smallest absolute Gasteiger partial charge is 0.138 e. The molecule has 3 heteroatoms. The average molecular weight is 150 g/mol. The Labute approximate surface area is 60.0 Å². The number of hydrogen-bond acceptors (Lipinski definition) is 2. The van der Waals surface area contributed by atoms with Gasteiger partial charge in [-0.05, 0) is 25.7 Å². The van der Waals surface area contributed by atoms with E-state index in [2.05, 4.69) is 0 Å². The Morgan fingerprint density at radius 3 is 2.22 bits per heavy atom. The number of nitrogens with two attached hydrogens (primary N) is 1. The highest BCUT2D eigenvalue weighted by Gasteiger charge is 2.28. The largest absolute Gasteiger partial charge is 0.375 e. The third kappa shape index (κ3) is 2.12. The molecule has 0 aromatic heterocycles. The molecular weight excluding hydrogens is 138 g/mol. The Kier molecular flexibility index (Phi) is 1.99. The van der Waals surface area contributed by atoms with Crippen molar-refractivity contribution in [2.45, 2.75) is 36.8 Å². The first kappa shape index (κ1) is 7.32. The zero-order chi connectivity index (χ0) is 6.91. The van der Waals surface area contributed by atoms with Crippen molar-refractivity contribution in [1.82, 2.24) is 0 Å². The summed E-state index contributed by atoms with van der Waals surface area (Å²) in [6.45, 7) is 0. The zero-order valence-electron chi connectivity index (χ0n) is 5.31. The van der Waals surface area contributed by atoms with Gasteiger partial charge in [0.15, 0.2) is 0 Å². The van der Waals surface area contributed by atoms with Crippen molar-refractivity contribution in [3.05, 3.63) is 0 Å². The van der Waals surface area contributed by atoms with E-state index < -0.39 is 5.06 Å². The molecule has 1 aliphatic rings. The minimum atomic E-state index is -0.949. The van der Waals surface area contributed by atoms with E-state index in [4.69, 9.17) is 17.3 Å². The lowest BCUT2D eigenvalue weighted by Crippen LogP contribution is -2.34. The van der Waals surface area contributed by atoms with Crippen molar-refractivity contribution >= 4 is 11.6 Å². The van der Waals surface area contributed by atoms with Crippen LogP contribution in [0.4, 0.5) is 0 Å². The molecule has 0 aromatic carbocycles. The maximum absolute atomic E-state index is 9.20. The lowest BCUT2D eigenvalue weighted by molar-refractivity contribution is 0.0804. The van der Waals surface area contributed by atoms with Crippen LogP contribution in [0, 0.1) is 0 Å². The highest BCUT2D eigenvalue weighted by Crippen LogP contribution is 2.30. The number of halogens is 1. The predicted octanol–water partition coefficient (Wildman–Crippen LogP) is 0.815. The molecule has 0 heterocycles. The molecule has 0 bridgehead atoms. The van der Waals surface area contributed by atoms with Crippen LogP contribution in [-0.2, 0) is 0 Å². The van der Waals surface area contributed by atoms with Crippen molar-refractivity contribution in [3.63, 3.8) is 0 Å². The summed E-state index contributed by atoms with van der Waals surface area (Å²) < 4.78 is 0. The van der Waals surface area contributed by atoms with Gasteiger partial charge in [0.05, 0.1) is 0 Å². The lowest BCUT2D eigenvalue weighted by Gasteiger charge is -2.28. The maximum atomic E-state index is 9.20. The molecular formula is C6H12ClNO. The van der Waals surface area contributed by atoms with Crippen molar-refractivity contribution < 1.29 is 5.11 Å². The van der Waals surface area contributed by atoms with E-state index in [1.165, 1.54) is 0 Å². The molecule has 1 rings (SSSR count). The van der Waals surface area contributed by atoms with Crippen LogP contribution in [0.1, 0.15) is 25.7 Å². The van der Waals surface area contributed by atoms with Crippen LogP contribution in [0.25, 0.3) is 0 Å². The highest BCUT2D eigenvalue weighted by atomic mass is 35.5. The summed E-state index contributed by atoms with van der Waals surface area (Å²) in [5.74, 6) is 0. The fourth-order valence-electron chi connectivity index (χ4n) is 1.08. The van der Waals surface area contributed by atoms with Crippen molar-refractivity contribution in [2.75, 3.05) is 0 Å². The van der Waals surface area contributed by atoms with Crippen molar-refractivity contribution in [3.8, 4) is 0 Å². The van der Waals surface area contributed by atoms with Crippen molar-refractivity contribution in [1.29, 1.82) is 0 Å². The monoisotopic (exact) mass is 149 g/mol. The molecule has 1 saturated carbocycles. The van der Waals surface area contributed by atoms with E-state index in [0.717, 1.165) is 12.8 Å². The fourth-order valence-corrected chi connectivity index (χ4v) is 1.30. The van der Waals surface area contributed by atoms with Gasteiger partial charge in [-0.1, -0.05) is 11.6 Å². The number of hydrogen-bond donors (Lipinski definition) is 2. The van der Waals surface area contributed by atoms with Gasteiger partial charge in [0.25, 0.3) is 0 Å². The van der Waals surface area contributed by atoms with Gasteiger partial charge >= 0.3 is 0 Å². The van der Waals surface area contributed by atoms with Gasteiger partial charge in [0.1, 0.15) is 5.06 Å². The summed E-state index contributed by atoms with van der Waals surface area (Å²) >= 11 is 5.64. The van der Waals surface area contributed by atoms with Gasteiger partial charge in [-0.2, -0.15) is 0 Å². The van der Waals surface area contributed by atoms with E-state index in [9.17, 15) is 5.11 Å². The van der Waals surface area contributed by atoms with E-state index in [1.807, 2.05) is 0 Å². The first-order valence-corrected chi connectivity index (χ1v) is 3.65. The summed E-state index contributed by atoms with van der Waals surface area (Å²) in [4.78, 5) is 0. The Morgan fingerprint density at radius 2 is 1.89 bits per heavy atom. The first-order chi connectivity index (χ1) is 4.10. The Balaban J connectivity index is 2.35. The minimum absolute atomic E-state index is 0.254. The second kappa shape index (κ2) is 2.45. The standard InChI is InChI=1S/C6H12ClNO/c7-6(9)3-1-5(8)2-4-6/h5,9H,1-4,8H2. The van der Waals surface area contributed by atoms with Crippen LogP contribution in [0.3, 0.4) is 0 Å². The van der Waals surface area contributed by atoms with Crippen LogP contribution in [0.15, 0.2) is 0 Å². The molecule has 0 unspecified atom stereocenters. The SMILES string of the molecule is NC1CCC(O)(Cl)CC1. The Morgan fingerprint density at radius 1 is 1.44 bits per heavy atom. The van der Waals surface area contributed by atoms with Gasteiger partial charge in [-0.3, -0.25) is 0 Å². The highest BCUT2D eigenvalue weighted by molar-refractivity contribution is 6.22. The molecule has 0 atom stereocenters. The molecule has 0 amide bonds. The average Bonchev–Trinajstić information content (AvgIpc) is 1.78. The van der Waals surface area contributed by atoms with Crippen molar-refractivity contribution in [2.24, 2.45) is 5.73 Å². The second-order valence-corrected chi connectivity index (χ2v) is 3.46. The quantitative estimate of drug-likeness (QED) is 0.501. The summed E-state index contributed by atoms with van der Waals surface area (Å²) in [7, 11) is 0. The molecule has 0 spiro atoms. The summed E-state index contributed by atoms with van der Waals surface area (Å²) in [6.07, 6.45) is 2.96. The zero-order valence-corrected chi connectivity index (χ0v) is 6.06. The predicted molar refractivity (Wildman–Crippen MR) is 37.2 cm³/mol. The van der Waals surface area contributed by atoms with Crippen LogP contribution in [-0.4, -0.2) is 16.2 Å². The Bertz CT molecular complexity index is 95.2. The van der Waals surface area contributed by atoms with E-state index in [-0.39, 0.29) is 6.04 Å². The number of alkyl halides is 1. The molecule has 0 saturated heterocycles. The summed E-state index contributed by atoms with van der Waals surface area (Å²) in [6, 6.07) is 0.254.